The lowest BCUT2D eigenvalue weighted by Gasteiger charge is -2.09. The fraction of sp³-hybridized carbons (Fsp3) is 0.235. The van der Waals surface area contributed by atoms with E-state index in [0.29, 0.717) is 27.9 Å². The molecule has 0 fully saturated rings. The molecule has 0 saturated carbocycles. The van der Waals surface area contributed by atoms with E-state index in [2.05, 4.69) is 19.2 Å². The van der Waals surface area contributed by atoms with Crippen molar-refractivity contribution in [3.63, 3.8) is 0 Å². The first-order chi connectivity index (χ1) is 10.0. The van der Waals surface area contributed by atoms with Crippen molar-refractivity contribution in [1.29, 1.82) is 0 Å². The van der Waals surface area contributed by atoms with E-state index in [1.54, 1.807) is 25.3 Å². The summed E-state index contributed by atoms with van der Waals surface area (Å²) in [4.78, 5) is 12.2. The highest BCUT2D eigenvalue weighted by atomic mass is 35.5. The van der Waals surface area contributed by atoms with Crippen LogP contribution in [0.25, 0.3) is 0 Å². The lowest BCUT2D eigenvalue weighted by Crippen LogP contribution is -2.11. The van der Waals surface area contributed by atoms with E-state index >= 15 is 0 Å². The number of hydrogen-bond donors (Lipinski definition) is 1. The minimum atomic E-state index is -0.161. The fourth-order valence-electron chi connectivity index (χ4n) is 1.97. The van der Waals surface area contributed by atoms with Crippen molar-refractivity contribution in [2.24, 2.45) is 0 Å². The third-order valence-corrected chi connectivity index (χ3v) is 3.54. The van der Waals surface area contributed by atoms with Gasteiger partial charge in [0.05, 0.1) is 12.1 Å². The summed E-state index contributed by atoms with van der Waals surface area (Å²) in [6.45, 7) is 4.24. The number of anilines is 1. The number of carbonyl (C=O) groups is 1. The van der Waals surface area contributed by atoms with E-state index in [4.69, 9.17) is 16.3 Å². The van der Waals surface area contributed by atoms with Crippen LogP contribution in [0, 0.1) is 0 Å². The van der Waals surface area contributed by atoms with Gasteiger partial charge in [0.15, 0.2) is 0 Å². The summed E-state index contributed by atoms with van der Waals surface area (Å²) in [5, 5.41) is 3.28. The normalized spacial score (nSPS) is 10.5. The van der Waals surface area contributed by atoms with Crippen molar-refractivity contribution in [1.82, 2.24) is 0 Å². The molecule has 0 aromatic heterocycles. The number of nitrogens with one attached hydrogen (secondary N) is 1. The van der Waals surface area contributed by atoms with Gasteiger partial charge in [-0.05, 0) is 41.8 Å². The molecular weight excluding hydrogens is 286 g/mol. The lowest BCUT2D eigenvalue weighted by molar-refractivity contribution is 0.102. The van der Waals surface area contributed by atoms with Gasteiger partial charge in [-0.2, -0.15) is 0 Å². The van der Waals surface area contributed by atoms with Crippen molar-refractivity contribution in [3.05, 3.63) is 58.6 Å². The van der Waals surface area contributed by atoms with E-state index in [1.807, 2.05) is 24.3 Å². The van der Waals surface area contributed by atoms with Gasteiger partial charge in [-0.15, -0.1) is 0 Å². The first-order valence-electron chi connectivity index (χ1n) is 6.76. The molecule has 3 nitrogen and oxygen atoms in total. The number of rotatable bonds is 4. The first kappa shape index (κ1) is 15.4. The van der Waals surface area contributed by atoms with Gasteiger partial charge in [0, 0.05) is 11.3 Å². The molecule has 0 radical (unpaired) electrons. The van der Waals surface area contributed by atoms with Crippen LogP contribution in [0.5, 0.6) is 5.75 Å². The molecule has 0 saturated heterocycles. The Morgan fingerprint density at radius 3 is 2.33 bits per heavy atom. The molecule has 0 aliphatic heterocycles. The second-order valence-corrected chi connectivity index (χ2v) is 5.49. The molecule has 0 aliphatic rings. The molecule has 2 rings (SSSR count). The Morgan fingerprint density at radius 1 is 1.14 bits per heavy atom. The van der Waals surface area contributed by atoms with Crippen molar-refractivity contribution in [2.45, 2.75) is 19.8 Å². The van der Waals surface area contributed by atoms with Gasteiger partial charge in [-0.3, -0.25) is 4.79 Å². The maximum absolute atomic E-state index is 12.2. The Bertz CT molecular complexity index is 636. The topological polar surface area (TPSA) is 38.3 Å². The average molecular weight is 304 g/mol. The van der Waals surface area contributed by atoms with Gasteiger partial charge >= 0.3 is 0 Å². The second-order valence-electron chi connectivity index (χ2n) is 5.08. The van der Waals surface area contributed by atoms with Gasteiger partial charge in [-0.25, -0.2) is 0 Å². The summed E-state index contributed by atoms with van der Waals surface area (Å²) < 4.78 is 5.08. The van der Waals surface area contributed by atoms with Crippen molar-refractivity contribution in [2.75, 3.05) is 12.4 Å². The monoisotopic (exact) mass is 303 g/mol. The molecule has 0 unspecified atom stereocenters. The van der Waals surface area contributed by atoms with Crippen LogP contribution in [-0.2, 0) is 0 Å². The molecule has 4 heteroatoms. The molecule has 1 N–H and O–H groups in total. The van der Waals surface area contributed by atoms with E-state index in [-0.39, 0.29) is 5.91 Å². The number of halogens is 1. The molecule has 110 valence electrons. The molecule has 0 bridgehead atoms. The van der Waals surface area contributed by atoms with Crippen molar-refractivity contribution < 1.29 is 9.53 Å². The van der Waals surface area contributed by atoms with E-state index in [9.17, 15) is 4.79 Å². The fourth-order valence-corrected chi connectivity index (χ4v) is 2.22. The summed E-state index contributed by atoms with van der Waals surface area (Å²) in [5.74, 6) is 0.866. The zero-order valence-electron chi connectivity index (χ0n) is 12.3. The van der Waals surface area contributed by atoms with Crippen LogP contribution in [0.4, 0.5) is 5.69 Å². The van der Waals surface area contributed by atoms with Gasteiger partial charge in [0.25, 0.3) is 5.91 Å². The Morgan fingerprint density at radius 2 is 1.81 bits per heavy atom. The molecule has 1 amide bonds. The van der Waals surface area contributed by atoms with Crippen LogP contribution < -0.4 is 10.1 Å². The largest absolute Gasteiger partial charge is 0.495 e. The van der Waals surface area contributed by atoms with Crippen molar-refractivity contribution in [3.8, 4) is 5.75 Å². The Kier molecular flexibility index (Phi) is 4.86. The predicted octanol–water partition coefficient (Wildman–Crippen LogP) is 4.72. The first-order valence-corrected chi connectivity index (χ1v) is 7.14. The summed E-state index contributed by atoms with van der Waals surface area (Å²) in [7, 11) is 1.55. The smallest absolute Gasteiger partial charge is 0.255 e. The lowest BCUT2D eigenvalue weighted by atomic mass is 10.0. The highest BCUT2D eigenvalue weighted by Crippen LogP contribution is 2.27. The molecule has 0 spiro atoms. The van der Waals surface area contributed by atoms with Crippen LogP contribution in [0.2, 0.25) is 5.02 Å². The molecule has 0 aliphatic carbocycles. The van der Waals surface area contributed by atoms with Crippen LogP contribution in [0.15, 0.2) is 42.5 Å². The molecule has 2 aromatic rings. The molecule has 0 atom stereocenters. The van der Waals surface area contributed by atoms with Crippen LogP contribution >= 0.6 is 11.6 Å². The minimum Gasteiger partial charge on any atom is -0.495 e. The molecule has 2 aromatic carbocycles. The maximum atomic E-state index is 12.2. The minimum absolute atomic E-state index is 0.161. The quantitative estimate of drug-likeness (QED) is 0.887. The second kappa shape index (κ2) is 6.64. The van der Waals surface area contributed by atoms with Crippen LogP contribution in [-0.4, -0.2) is 13.0 Å². The maximum Gasteiger partial charge on any atom is 0.255 e. The van der Waals surface area contributed by atoms with E-state index in [1.165, 1.54) is 5.56 Å². The van der Waals surface area contributed by atoms with Crippen molar-refractivity contribution >= 4 is 23.2 Å². The van der Waals surface area contributed by atoms with Crippen LogP contribution in [0.1, 0.15) is 35.7 Å². The van der Waals surface area contributed by atoms with Gasteiger partial charge < -0.3 is 10.1 Å². The average Bonchev–Trinajstić information content (AvgIpc) is 2.47. The Labute approximate surface area is 129 Å². The molecular formula is C17H18ClNO2. The summed E-state index contributed by atoms with van der Waals surface area (Å²) in [5.41, 5.74) is 2.46. The zero-order chi connectivity index (χ0) is 15.4. The number of methoxy groups -OCH3 is 1. The third kappa shape index (κ3) is 3.76. The van der Waals surface area contributed by atoms with Gasteiger partial charge in [0.2, 0.25) is 0 Å². The zero-order valence-corrected chi connectivity index (χ0v) is 13.1. The third-order valence-electron chi connectivity index (χ3n) is 3.25. The number of benzene rings is 2. The highest BCUT2D eigenvalue weighted by Gasteiger charge is 2.08. The van der Waals surface area contributed by atoms with Crippen LogP contribution in [0.3, 0.4) is 0 Å². The Hall–Kier alpha value is -2.00. The molecule has 0 heterocycles. The van der Waals surface area contributed by atoms with E-state index < -0.39 is 0 Å². The number of ether oxygens (including phenoxy) is 1. The van der Waals surface area contributed by atoms with E-state index in [0.717, 1.165) is 0 Å². The predicted molar refractivity (Wildman–Crippen MR) is 86.5 cm³/mol. The SMILES string of the molecule is COc1ccc(NC(=O)c2ccc(C(C)C)cc2)cc1Cl. The summed E-state index contributed by atoms with van der Waals surface area (Å²) in [6, 6.07) is 12.7. The number of amides is 1. The summed E-state index contributed by atoms with van der Waals surface area (Å²) >= 11 is 6.04. The highest BCUT2D eigenvalue weighted by molar-refractivity contribution is 6.32. The standard InChI is InChI=1S/C17H18ClNO2/c1-11(2)12-4-6-13(7-5-12)17(20)19-14-8-9-16(21-3)15(18)10-14/h4-11H,1-3H3,(H,19,20). The Balaban J connectivity index is 2.12. The summed E-state index contributed by atoms with van der Waals surface area (Å²) in [6.07, 6.45) is 0. The van der Waals surface area contributed by atoms with Gasteiger partial charge in [0.1, 0.15) is 5.75 Å². The van der Waals surface area contributed by atoms with Gasteiger partial charge in [-0.1, -0.05) is 37.6 Å². The molecule has 21 heavy (non-hydrogen) atoms. The number of carbonyl (C=O) groups excluding carboxylic acids is 1. The number of hydrogen-bond acceptors (Lipinski definition) is 2.